The van der Waals surface area contributed by atoms with Crippen molar-refractivity contribution < 1.29 is 30.5 Å². The van der Waals surface area contributed by atoms with Gasteiger partial charge in [0, 0.05) is 59.7 Å². The summed E-state index contributed by atoms with van der Waals surface area (Å²) >= 11 is 0. The van der Waals surface area contributed by atoms with Crippen molar-refractivity contribution in [3.05, 3.63) is 107 Å². The third-order valence-corrected chi connectivity index (χ3v) is 12.7. The molecule has 2 aromatic rings. The van der Waals surface area contributed by atoms with Gasteiger partial charge in [0.15, 0.2) is 5.71 Å². The molecule has 2 aromatic carbocycles. The second-order valence-electron chi connectivity index (χ2n) is 16.4. The van der Waals surface area contributed by atoms with Crippen molar-refractivity contribution in [3.63, 3.8) is 0 Å². The van der Waals surface area contributed by atoms with Crippen LogP contribution in [0, 0.1) is 5.92 Å². The number of hydrogen-bond acceptors (Lipinski definition) is 6. The molecule has 0 radical (unpaired) electrons. The Morgan fingerprint density at radius 2 is 1.44 bits per heavy atom. The fourth-order valence-electron chi connectivity index (χ4n) is 8.24. The highest BCUT2D eigenvalue weighted by Crippen LogP contribution is 2.48. The standard InChI is InChI=1S/C43H59N3O6S2/c1-32(2)16-15-27-44-41-33(23-25-39-42(3,4)35-17-7-9-19-37(35)45(39)28-11-13-30-53(47,48)49)21-22-34(41)24-26-40-43(5,6)36-18-8-10-20-38(36)46(40)29-12-14-31-54(50,51)52/h7-10,17-20,23-26,32H,11-16,21-22,27-31H2,1-6H3,(H2,47,48,49,50,51,52)/p+1. The molecule has 3 aliphatic rings. The van der Waals surface area contributed by atoms with Crippen LogP contribution in [0.25, 0.3) is 0 Å². The highest BCUT2D eigenvalue weighted by Gasteiger charge is 2.44. The molecular weight excluding hydrogens is 719 g/mol. The lowest BCUT2D eigenvalue weighted by atomic mass is 9.81. The summed E-state index contributed by atoms with van der Waals surface area (Å²) in [4.78, 5) is 2.31. The average molecular weight is 779 g/mol. The van der Waals surface area contributed by atoms with E-state index in [9.17, 15) is 25.9 Å². The monoisotopic (exact) mass is 778 g/mol. The minimum atomic E-state index is -4.00. The maximum atomic E-state index is 11.4. The number of nitrogens with one attached hydrogen (secondary N) is 1. The van der Waals surface area contributed by atoms with Crippen LogP contribution in [-0.4, -0.2) is 67.4 Å². The van der Waals surface area contributed by atoms with Crippen LogP contribution in [0.4, 0.5) is 11.4 Å². The topological polar surface area (TPSA) is 127 Å². The molecule has 2 heterocycles. The van der Waals surface area contributed by atoms with Gasteiger partial charge in [-0.15, -0.1) is 0 Å². The number of anilines is 1. The van der Waals surface area contributed by atoms with Crippen LogP contribution in [-0.2, 0) is 31.1 Å². The summed E-state index contributed by atoms with van der Waals surface area (Å²) in [5, 5.41) is 3.83. The molecule has 9 nitrogen and oxygen atoms in total. The third-order valence-electron chi connectivity index (χ3n) is 11.1. The van der Waals surface area contributed by atoms with Crippen molar-refractivity contribution >= 4 is 37.3 Å². The maximum Gasteiger partial charge on any atom is 0.264 e. The zero-order chi connectivity index (χ0) is 39.3. The quantitative estimate of drug-likeness (QED) is 0.0780. The number of allylic oxidation sites excluding steroid dienone is 7. The number of rotatable bonds is 18. The predicted molar refractivity (Wildman–Crippen MR) is 221 cm³/mol. The second kappa shape index (κ2) is 17.1. The lowest BCUT2D eigenvalue weighted by Crippen LogP contribution is -2.28. The molecule has 11 heteroatoms. The third kappa shape index (κ3) is 10.0. The molecule has 0 saturated carbocycles. The second-order valence-corrected chi connectivity index (χ2v) is 19.5. The fraction of sp³-hybridized carbons (Fsp3) is 0.512. The van der Waals surface area contributed by atoms with Crippen molar-refractivity contribution in [1.29, 1.82) is 0 Å². The highest BCUT2D eigenvalue weighted by molar-refractivity contribution is 7.86. The van der Waals surface area contributed by atoms with Gasteiger partial charge in [-0.3, -0.25) is 9.11 Å². The Morgan fingerprint density at radius 1 is 0.796 bits per heavy atom. The van der Waals surface area contributed by atoms with Gasteiger partial charge in [0.1, 0.15) is 6.54 Å². The van der Waals surface area contributed by atoms with Gasteiger partial charge in [0.05, 0.1) is 16.9 Å². The van der Waals surface area contributed by atoms with E-state index in [4.69, 9.17) is 0 Å². The first-order valence-corrected chi connectivity index (χ1v) is 22.7. The van der Waals surface area contributed by atoms with Crippen LogP contribution >= 0.6 is 0 Å². The Kier molecular flexibility index (Phi) is 13.2. The molecule has 1 aliphatic carbocycles. The van der Waals surface area contributed by atoms with Gasteiger partial charge in [-0.05, 0) is 93.6 Å². The number of nitrogens with zero attached hydrogens (tertiary/aromatic N) is 2. The molecule has 2 aliphatic heterocycles. The summed E-state index contributed by atoms with van der Waals surface area (Å²) in [6.45, 7) is 15.7. The molecule has 5 rings (SSSR count). The van der Waals surface area contributed by atoms with Crippen LogP contribution in [0.1, 0.15) is 104 Å². The number of para-hydroxylation sites is 2. The van der Waals surface area contributed by atoms with Crippen molar-refractivity contribution in [1.82, 2.24) is 5.32 Å². The summed E-state index contributed by atoms with van der Waals surface area (Å²) in [7, 11) is -8.00. The van der Waals surface area contributed by atoms with Crippen LogP contribution < -0.4 is 10.2 Å². The van der Waals surface area contributed by atoms with E-state index in [1.54, 1.807) is 0 Å². The number of benzene rings is 2. The van der Waals surface area contributed by atoms with E-state index in [-0.39, 0.29) is 22.3 Å². The van der Waals surface area contributed by atoms with E-state index >= 15 is 0 Å². The van der Waals surface area contributed by atoms with Gasteiger partial charge in [0.2, 0.25) is 5.69 Å². The van der Waals surface area contributed by atoms with E-state index in [1.807, 2.05) is 12.1 Å². The normalized spacial score (nSPS) is 19.6. The molecule has 0 amide bonds. The zero-order valence-electron chi connectivity index (χ0n) is 32.9. The molecular formula is C43H60N3O6S2+. The predicted octanol–water partition coefficient (Wildman–Crippen LogP) is 8.64. The first kappa shape index (κ1) is 41.6. The summed E-state index contributed by atoms with van der Waals surface area (Å²) in [5.41, 5.74) is 10.3. The lowest BCUT2D eigenvalue weighted by Gasteiger charge is -2.27. The molecule has 0 fully saturated rings. The maximum absolute atomic E-state index is 11.4. The van der Waals surface area contributed by atoms with Gasteiger partial charge < -0.3 is 10.2 Å². The van der Waals surface area contributed by atoms with Crippen molar-refractivity contribution in [3.8, 4) is 0 Å². The van der Waals surface area contributed by atoms with Crippen LogP contribution in [0.15, 0.2) is 95.4 Å². The molecule has 3 N–H and O–H groups in total. The summed E-state index contributed by atoms with van der Waals surface area (Å²) in [5.74, 6) is 0.149. The van der Waals surface area contributed by atoms with Crippen LogP contribution in [0.3, 0.4) is 0 Å². The van der Waals surface area contributed by atoms with E-state index in [0.717, 1.165) is 55.0 Å². The minimum Gasteiger partial charge on any atom is -0.385 e. The zero-order valence-corrected chi connectivity index (χ0v) is 34.6. The Bertz CT molecular complexity index is 2070. The Balaban J connectivity index is 1.49. The first-order chi connectivity index (χ1) is 25.4. The first-order valence-electron chi connectivity index (χ1n) is 19.5. The van der Waals surface area contributed by atoms with Crippen molar-refractivity contribution in [2.24, 2.45) is 5.92 Å². The van der Waals surface area contributed by atoms with E-state index in [2.05, 4.69) is 117 Å². The summed E-state index contributed by atoms with van der Waals surface area (Å²) < 4.78 is 66.6. The van der Waals surface area contributed by atoms with Gasteiger partial charge >= 0.3 is 0 Å². The summed E-state index contributed by atoms with van der Waals surface area (Å²) in [6, 6.07) is 16.8. The highest BCUT2D eigenvalue weighted by atomic mass is 32.2. The number of unbranched alkanes of at least 4 members (excludes halogenated alkanes) is 2. The van der Waals surface area contributed by atoms with E-state index < -0.39 is 20.2 Å². The van der Waals surface area contributed by atoms with E-state index in [1.165, 1.54) is 28.0 Å². The number of hydrogen-bond donors (Lipinski definition) is 3. The van der Waals surface area contributed by atoms with Crippen molar-refractivity contribution in [2.75, 3.05) is 36.0 Å². The largest absolute Gasteiger partial charge is 0.385 e. The minimum absolute atomic E-state index is 0.240. The van der Waals surface area contributed by atoms with E-state index in [0.29, 0.717) is 44.7 Å². The van der Waals surface area contributed by atoms with Crippen LogP contribution in [0.2, 0.25) is 0 Å². The Morgan fingerprint density at radius 3 is 2.13 bits per heavy atom. The van der Waals surface area contributed by atoms with Gasteiger partial charge in [-0.2, -0.15) is 21.4 Å². The SMILES string of the molecule is CC(C)CCCNC1=C(C=CC2=[N+](CCCCS(=O)(=O)O)c3ccccc3C2(C)C)CCC1=CC=C1N(CCCCS(=O)(=O)O)c2ccccc2C1(C)C. The van der Waals surface area contributed by atoms with Gasteiger partial charge in [-0.1, -0.05) is 76.2 Å². The molecule has 0 saturated heterocycles. The Labute approximate surface area is 324 Å². The Hall–Kier alpha value is -3.51. The molecule has 0 aromatic heterocycles. The average Bonchev–Trinajstić information content (AvgIpc) is 3.65. The molecule has 294 valence electrons. The smallest absolute Gasteiger partial charge is 0.264 e. The summed E-state index contributed by atoms with van der Waals surface area (Å²) in [6.07, 6.45) is 15.1. The lowest BCUT2D eigenvalue weighted by molar-refractivity contribution is -0.438. The van der Waals surface area contributed by atoms with Crippen LogP contribution in [0.5, 0.6) is 0 Å². The molecule has 0 unspecified atom stereocenters. The van der Waals surface area contributed by atoms with Gasteiger partial charge in [-0.25, -0.2) is 0 Å². The number of fused-ring (bicyclic) bond motifs is 2. The molecule has 0 atom stereocenters. The molecule has 54 heavy (non-hydrogen) atoms. The van der Waals surface area contributed by atoms with Crippen molar-refractivity contribution in [2.45, 2.75) is 104 Å². The fourth-order valence-corrected chi connectivity index (χ4v) is 9.38. The van der Waals surface area contributed by atoms with Gasteiger partial charge in [0.25, 0.3) is 20.2 Å². The molecule has 0 spiro atoms. The molecule has 0 bridgehead atoms.